The molecule has 3 aromatic rings. The number of aromatic nitrogens is 1. The lowest BCUT2D eigenvalue weighted by Gasteiger charge is -2.13. The predicted octanol–water partition coefficient (Wildman–Crippen LogP) is 6.44. The molecule has 0 radical (unpaired) electrons. The second-order valence-electron chi connectivity index (χ2n) is 6.56. The van der Waals surface area contributed by atoms with E-state index in [4.69, 9.17) is 4.74 Å². The molecule has 2 aromatic carbocycles. The normalized spacial score (nSPS) is 12.9. The average molecular weight is 380 g/mol. The maximum absolute atomic E-state index is 5.78. The van der Waals surface area contributed by atoms with Crippen molar-refractivity contribution in [2.45, 2.75) is 45.9 Å². The lowest BCUT2D eigenvalue weighted by Crippen LogP contribution is -1.90. The van der Waals surface area contributed by atoms with Crippen molar-refractivity contribution in [2.24, 2.45) is 0 Å². The van der Waals surface area contributed by atoms with Gasteiger partial charge in [-0.15, -0.1) is 0 Å². The number of benzene rings is 2. The summed E-state index contributed by atoms with van der Waals surface area (Å²) in [5, 5.41) is 1.02. The highest BCUT2D eigenvalue weighted by Crippen LogP contribution is 2.45. The van der Waals surface area contributed by atoms with Crippen LogP contribution in [-0.4, -0.2) is 11.6 Å². The van der Waals surface area contributed by atoms with Gasteiger partial charge in [-0.25, -0.2) is 4.98 Å². The summed E-state index contributed by atoms with van der Waals surface area (Å²) in [6.45, 7) is 5.22. The fraction of sp³-hybridized carbons (Fsp3) is 0.227. The Hall–Kier alpha value is -1.91. The topological polar surface area (TPSA) is 22.1 Å². The molecule has 2 heterocycles. The van der Waals surface area contributed by atoms with E-state index in [9.17, 15) is 0 Å². The van der Waals surface area contributed by atoms with Crippen molar-refractivity contribution < 1.29 is 4.74 Å². The maximum Gasteiger partial charge on any atom is 0.123 e. The Balaban J connectivity index is 1.67. The van der Waals surface area contributed by atoms with Gasteiger partial charge in [0.2, 0.25) is 0 Å². The Morgan fingerprint density at radius 2 is 1.81 bits per heavy atom. The first kappa shape index (κ1) is 17.5. The molecule has 0 aliphatic carbocycles. The fourth-order valence-electron chi connectivity index (χ4n) is 2.98. The molecule has 0 fully saturated rings. The van der Waals surface area contributed by atoms with Gasteiger partial charge in [0.05, 0.1) is 6.61 Å². The summed E-state index contributed by atoms with van der Waals surface area (Å²) in [5.41, 5.74) is 2.68. The molecule has 1 aromatic heterocycles. The number of hydrogen-bond acceptors (Lipinski definition) is 4. The van der Waals surface area contributed by atoms with Gasteiger partial charge in [0.25, 0.3) is 0 Å². The second-order valence-corrected chi connectivity index (χ2v) is 8.71. The minimum absolute atomic E-state index is 0.557. The quantitative estimate of drug-likeness (QED) is 0.508. The molecule has 0 N–H and O–H groups in total. The lowest BCUT2D eigenvalue weighted by atomic mass is 10.0. The summed E-state index contributed by atoms with van der Waals surface area (Å²) in [7, 11) is 0. The van der Waals surface area contributed by atoms with Gasteiger partial charge >= 0.3 is 0 Å². The summed E-state index contributed by atoms with van der Waals surface area (Å²) in [6, 6.07) is 19.2. The van der Waals surface area contributed by atoms with Gasteiger partial charge in [-0.3, -0.25) is 0 Å². The van der Waals surface area contributed by atoms with Crippen molar-refractivity contribution >= 4 is 23.5 Å². The monoisotopic (exact) mass is 379 g/mol. The molecule has 4 heteroatoms. The van der Waals surface area contributed by atoms with Gasteiger partial charge in [-0.05, 0) is 47.9 Å². The Morgan fingerprint density at radius 3 is 2.54 bits per heavy atom. The second kappa shape index (κ2) is 7.77. The van der Waals surface area contributed by atoms with Gasteiger partial charge in [0, 0.05) is 32.9 Å². The van der Waals surface area contributed by atoms with E-state index in [1.165, 1.54) is 25.8 Å². The van der Waals surface area contributed by atoms with Gasteiger partial charge in [0.15, 0.2) is 0 Å². The molecule has 0 unspecified atom stereocenters. The molecule has 2 nitrogen and oxygen atoms in total. The molecule has 0 atom stereocenters. The van der Waals surface area contributed by atoms with Crippen molar-refractivity contribution in [1.82, 2.24) is 4.98 Å². The van der Waals surface area contributed by atoms with E-state index in [1.54, 1.807) is 11.8 Å². The number of hydrogen-bond donors (Lipinski definition) is 0. The number of pyridine rings is 1. The SMILES string of the molecule is CC(C)c1ccc(Sc2ccc3c(c2Sc2ccccn2)CCO3)cc1. The highest BCUT2D eigenvalue weighted by molar-refractivity contribution is 8.02. The fourth-order valence-corrected chi connectivity index (χ4v) is 5.07. The molecule has 0 amide bonds. The van der Waals surface area contributed by atoms with Crippen LogP contribution >= 0.6 is 23.5 Å². The average Bonchev–Trinajstić information content (AvgIpc) is 3.14. The Labute approximate surface area is 163 Å². The van der Waals surface area contributed by atoms with E-state index >= 15 is 0 Å². The van der Waals surface area contributed by atoms with Crippen LogP contribution in [0.3, 0.4) is 0 Å². The molecule has 4 rings (SSSR count). The summed E-state index contributed by atoms with van der Waals surface area (Å²) >= 11 is 3.55. The van der Waals surface area contributed by atoms with E-state index in [2.05, 4.69) is 61.3 Å². The van der Waals surface area contributed by atoms with Crippen LogP contribution in [0, 0.1) is 0 Å². The molecule has 0 saturated carbocycles. The Kier molecular flexibility index (Phi) is 5.23. The molecule has 0 bridgehead atoms. The zero-order valence-electron chi connectivity index (χ0n) is 14.9. The van der Waals surface area contributed by atoms with E-state index < -0.39 is 0 Å². The summed E-state index contributed by atoms with van der Waals surface area (Å²) in [6.07, 6.45) is 2.81. The first-order valence-corrected chi connectivity index (χ1v) is 10.5. The first-order valence-electron chi connectivity index (χ1n) is 8.86. The summed E-state index contributed by atoms with van der Waals surface area (Å²) in [4.78, 5) is 8.29. The zero-order valence-corrected chi connectivity index (χ0v) is 16.6. The molecule has 1 aliphatic rings. The van der Waals surface area contributed by atoms with Gasteiger partial charge in [-0.2, -0.15) is 0 Å². The van der Waals surface area contributed by atoms with Crippen LogP contribution in [0.15, 0.2) is 80.5 Å². The van der Waals surface area contributed by atoms with Crippen LogP contribution in [0.5, 0.6) is 5.75 Å². The minimum atomic E-state index is 0.557. The molecular weight excluding hydrogens is 358 g/mol. The third-order valence-electron chi connectivity index (χ3n) is 4.41. The van der Waals surface area contributed by atoms with Crippen LogP contribution in [0.25, 0.3) is 0 Å². The van der Waals surface area contributed by atoms with Crippen LogP contribution < -0.4 is 4.74 Å². The molecular formula is C22H21NOS2. The van der Waals surface area contributed by atoms with Crippen LogP contribution in [0.1, 0.15) is 30.9 Å². The van der Waals surface area contributed by atoms with Crippen molar-refractivity contribution in [2.75, 3.05) is 6.61 Å². The number of ether oxygens (including phenoxy) is 1. The number of fused-ring (bicyclic) bond motifs is 1. The molecule has 1 aliphatic heterocycles. The molecule has 26 heavy (non-hydrogen) atoms. The zero-order chi connectivity index (χ0) is 17.9. The number of rotatable bonds is 5. The van der Waals surface area contributed by atoms with Crippen LogP contribution in [0.4, 0.5) is 0 Å². The van der Waals surface area contributed by atoms with Crippen LogP contribution in [0.2, 0.25) is 0 Å². The van der Waals surface area contributed by atoms with Crippen molar-refractivity contribution in [3.05, 3.63) is 71.9 Å². The standard InChI is InChI=1S/C22H21NOS2/c1-15(2)16-6-8-17(9-7-16)25-20-11-10-19-18(12-14-24-19)22(20)26-21-5-3-4-13-23-21/h3-11,13,15H,12,14H2,1-2H3. The Morgan fingerprint density at radius 1 is 0.962 bits per heavy atom. The Bertz CT molecular complexity index is 892. The smallest absolute Gasteiger partial charge is 0.123 e. The summed E-state index contributed by atoms with van der Waals surface area (Å²) in [5.74, 6) is 1.57. The lowest BCUT2D eigenvalue weighted by molar-refractivity contribution is 0.356. The third kappa shape index (κ3) is 3.76. The van der Waals surface area contributed by atoms with Gasteiger partial charge < -0.3 is 4.74 Å². The van der Waals surface area contributed by atoms with E-state index in [-0.39, 0.29) is 0 Å². The van der Waals surface area contributed by atoms with Crippen LogP contribution in [-0.2, 0) is 6.42 Å². The highest BCUT2D eigenvalue weighted by Gasteiger charge is 2.21. The molecule has 132 valence electrons. The number of nitrogens with zero attached hydrogens (tertiary/aromatic N) is 1. The van der Waals surface area contributed by atoms with E-state index in [0.29, 0.717) is 5.92 Å². The predicted molar refractivity (Wildman–Crippen MR) is 109 cm³/mol. The summed E-state index contributed by atoms with van der Waals surface area (Å²) < 4.78 is 5.78. The molecule has 0 spiro atoms. The van der Waals surface area contributed by atoms with Crippen molar-refractivity contribution in [1.29, 1.82) is 0 Å². The highest BCUT2D eigenvalue weighted by atomic mass is 32.2. The van der Waals surface area contributed by atoms with E-state index in [1.807, 2.05) is 30.1 Å². The first-order chi connectivity index (χ1) is 12.7. The maximum atomic E-state index is 5.78. The minimum Gasteiger partial charge on any atom is -0.493 e. The largest absolute Gasteiger partial charge is 0.493 e. The van der Waals surface area contributed by atoms with Gasteiger partial charge in [0.1, 0.15) is 10.8 Å². The van der Waals surface area contributed by atoms with E-state index in [0.717, 1.165) is 23.8 Å². The molecule has 0 saturated heterocycles. The third-order valence-corrected chi connectivity index (χ3v) is 6.73. The van der Waals surface area contributed by atoms with Crippen molar-refractivity contribution in [3.63, 3.8) is 0 Å². The van der Waals surface area contributed by atoms with Crippen molar-refractivity contribution in [3.8, 4) is 5.75 Å². The van der Waals surface area contributed by atoms with Gasteiger partial charge in [-0.1, -0.05) is 55.6 Å².